The molecule has 2 fully saturated rings. The third-order valence-corrected chi connectivity index (χ3v) is 6.54. The number of nitrogens with zero attached hydrogens (tertiary/aromatic N) is 3. The minimum atomic E-state index is -1.82. The van der Waals surface area contributed by atoms with Crippen LogP contribution in [0.25, 0.3) is 0 Å². The number of amides is 1. The normalized spacial score (nSPS) is 17.3. The zero-order chi connectivity index (χ0) is 25.2. The molecule has 0 radical (unpaired) electrons. The Bertz CT molecular complexity index is 969. The van der Waals surface area contributed by atoms with Crippen molar-refractivity contribution in [2.45, 2.75) is 32.9 Å². The molecule has 0 aromatic heterocycles. The number of hydrogen-bond acceptors (Lipinski definition) is 5. The van der Waals surface area contributed by atoms with Gasteiger partial charge in [0.2, 0.25) is 5.91 Å². The predicted molar refractivity (Wildman–Crippen MR) is 133 cm³/mol. The fourth-order valence-electron chi connectivity index (χ4n) is 4.63. The van der Waals surface area contributed by atoms with Crippen LogP contribution in [-0.4, -0.2) is 82.0 Å². The Morgan fingerprint density at radius 2 is 1.29 bits per heavy atom. The summed E-state index contributed by atoms with van der Waals surface area (Å²) in [6.45, 7) is 9.88. The van der Waals surface area contributed by atoms with Crippen LogP contribution in [0.15, 0.2) is 54.6 Å². The predicted octanol–water partition coefficient (Wildman–Crippen LogP) is 2.71. The Labute approximate surface area is 206 Å². The molecule has 2 aliphatic rings. The average Bonchev–Trinajstić information content (AvgIpc) is 2.86. The fraction of sp³-hybridized carbons (Fsp3) is 0.444. The minimum absolute atomic E-state index is 0.212. The Kier molecular flexibility index (Phi) is 9.81. The summed E-state index contributed by atoms with van der Waals surface area (Å²) in [6, 6.07) is 19.4. The van der Waals surface area contributed by atoms with Gasteiger partial charge in [0.05, 0.1) is 0 Å². The molecule has 2 N–H and O–H groups in total. The summed E-state index contributed by atoms with van der Waals surface area (Å²) < 4.78 is 0. The molecule has 0 spiro atoms. The van der Waals surface area contributed by atoms with Gasteiger partial charge in [0.1, 0.15) is 0 Å². The number of rotatable bonds is 5. The lowest BCUT2D eigenvalue weighted by Crippen LogP contribution is -2.51. The van der Waals surface area contributed by atoms with Crippen LogP contribution in [0.3, 0.4) is 0 Å². The van der Waals surface area contributed by atoms with Crippen LogP contribution in [0.1, 0.15) is 29.5 Å². The molecule has 188 valence electrons. The first kappa shape index (κ1) is 26.4. The van der Waals surface area contributed by atoms with Gasteiger partial charge in [-0.15, -0.1) is 0 Å². The summed E-state index contributed by atoms with van der Waals surface area (Å²) in [5.74, 6) is -3.05. The monoisotopic (exact) mass is 481 g/mol. The van der Waals surface area contributed by atoms with E-state index in [2.05, 4.69) is 76.2 Å². The summed E-state index contributed by atoms with van der Waals surface area (Å²) in [7, 11) is 0. The SMILES string of the molecule is Cc1cccc(CN2CCC(C(=O)N3CCN(Cc4ccccc4)CC3)CC2)c1.O=C(O)C(=O)O. The van der Waals surface area contributed by atoms with Crippen molar-refractivity contribution in [3.8, 4) is 0 Å². The van der Waals surface area contributed by atoms with Crippen molar-refractivity contribution >= 4 is 17.8 Å². The average molecular weight is 482 g/mol. The molecule has 8 nitrogen and oxygen atoms in total. The third-order valence-electron chi connectivity index (χ3n) is 6.54. The van der Waals surface area contributed by atoms with Crippen LogP contribution < -0.4 is 0 Å². The first-order valence-electron chi connectivity index (χ1n) is 12.1. The van der Waals surface area contributed by atoms with E-state index in [9.17, 15) is 4.79 Å². The van der Waals surface area contributed by atoms with E-state index in [0.717, 1.165) is 65.2 Å². The fourth-order valence-corrected chi connectivity index (χ4v) is 4.63. The number of likely N-dealkylation sites (tertiary alicyclic amines) is 1. The molecule has 0 unspecified atom stereocenters. The van der Waals surface area contributed by atoms with Gasteiger partial charge in [0, 0.05) is 45.2 Å². The van der Waals surface area contributed by atoms with Crippen LogP contribution >= 0.6 is 0 Å². The van der Waals surface area contributed by atoms with E-state index in [1.807, 2.05) is 0 Å². The maximum absolute atomic E-state index is 13.0. The molecule has 2 heterocycles. The first-order chi connectivity index (χ1) is 16.8. The molecule has 0 atom stereocenters. The summed E-state index contributed by atoms with van der Waals surface area (Å²) in [5.41, 5.74) is 4.05. The smallest absolute Gasteiger partial charge is 0.414 e. The second kappa shape index (κ2) is 13.0. The topological polar surface area (TPSA) is 101 Å². The van der Waals surface area contributed by atoms with E-state index in [-0.39, 0.29) is 5.92 Å². The summed E-state index contributed by atoms with van der Waals surface area (Å²) in [4.78, 5) is 38.3. The highest BCUT2D eigenvalue weighted by Crippen LogP contribution is 2.22. The zero-order valence-corrected chi connectivity index (χ0v) is 20.3. The van der Waals surface area contributed by atoms with E-state index < -0.39 is 11.9 Å². The maximum atomic E-state index is 13.0. The van der Waals surface area contributed by atoms with Gasteiger partial charge in [-0.1, -0.05) is 60.2 Å². The quantitative estimate of drug-likeness (QED) is 0.633. The number of carbonyl (C=O) groups is 3. The molecule has 0 saturated carbocycles. The van der Waals surface area contributed by atoms with Crippen molar-refractivity contribution in [1.82, 2.24) is 14.7 Å². The lowest BCUT2D eigenvalue weighted by molar-refractivity contribution is -0.159. The van der Waals surface area contributed by atoms with E-state index in [1.54, 1.807) is 0 Å². The highest BCUT2D eigenvalue weighted by molar-refractivity contribution is 6.27. The van der Waals surface area contributed by atoms with Gasteiger partial charge in [-0.3, -0.25) is 14.6 Å². The lowest BCUT2D eigenvalue weighted by Gasteiger charge is -2.38. The number of aliphatic carboxylic acids is 2. The number of hydrogen-bond donors (Lipinski definition) is 2. The Morgan fingerprint density at radius 1 is 0.743 bits per heavy atom. The minimum Gasteiger partial charge on any atom is -0.473 e. The van der Waals surface area contributed by atoms with Gasteiger partial charge in [0.15, 0.2) is 0 Å². The number of carboxylic acids is 2. The van der Waals surface area contributed by atoms with Crippen molar-refractivity contribution in [2.75, 3.05) is 39.3 Å². The van der Waals surface area contributed by atoms with Crippen LogP contribution in [0.4, 0.5) is 0 Å². The van der Waals surface area contributed by atoms with Crippen LogP contribution in [0, 0.1) is 12.8 Å². The maximum Gasteiger partial charge on any atom is 0.414 e. The largest absolute Gasteiger partial charge is 0.473 e. The molecule has 35 heavy (non-hydrogen) atoms. The Balaban J connectivity index is 0.000000509. The number of carbonyl (C=O) groups excluding carboxylic acids is 1. The van der Waals surface area contributed by atoms with Crippen molar-refractivity contribution in [3.05, 3.63) is 71.3 Å². The molecule has 1 amide bonds. The van der Waals surface area contributed by atoms with Gasteiger partial charge < -0.3 is 15.1 Å². The van der Waals surface area contributed by atoms with E-state index in [0.29, 0.717) is 5.91 Å². The molecular weight excluding hydrogens is 446 g/mol. The van der Waals surface area contributed by atoms with Gasteiger partial charge in [0.25, 0.3) is 0 Å². The van der Waals surface area contributed by atoms with Crippen LogP contribution in [0.2, 0.25) is 0 Å². The Hall–Kier alpha value is -3.23. The second-order valence-corrected chi connectivity index (χ2v) is 9.24. The summed E-state index contributed by atoms with van der Waals surface area (Å²) >= 11 is 0. The number of benzene rings is 2. The van der Waals surface area contributed by atoms with Crippen molar-refractivity contribution < 1.29 is 24.6 Å². The van der Waals surface area contributed by atoms with E-state index in [1.165, 1.54) is 16.7 Å². The standard InChI is InChI=1S/C25H33N3O.C2H2O4/c1-21-6-5-9-23(18-21)20-26-12-10-24(11-13-26)25(29)28-16-14-27(15-17-28)19-22-7-3-2-4-8-22;3-1(4)2(5)6/h2-9,18,24H,10-17,19-20H2,1H3;(H,3,4)(H,5,6). The molecule has 4 rings (SSSR count). The van der Waals surface area contributed by atoms with Gasteiger partial charge in [-0.05, 0) is 44.0 Å². The second-order valence-electron chi connectivity index (χ2n) is 9.24. The molecule has 8 heteroatoms. The Morgan fingerprint density at radius 3 is 1.86 bits per heavy atom. The molecule has 0 bridgehead atoms. The molecule has 2 aromatic carbocycles. The molecule has 0 aliphatic carbocycles. The van der Waals surface area contributed by atoms with Gasteiger partial charge in [-0.2, -0.15) is 0 Å². The first-order valence-corrected chi connectivity index (χ1v) is 12.1. The third kappa shape index (κ3) is 8.49. The zero-order valence-electron chi connectivity index (χ0n) is 20.3. The molecule has 2 aromatic rings. The number of piperidine rings is 1. The van der Waals surface area contributed by atoms with Crippen LogP contribution in [-0.2, 0) is 27.5 Å². The summed E-state index contributed by atoms with van der Waals surface area (Å²) in [5, 5.41) is 14.8. The van der Waals surface area contributed by atoms with E-state index in [4.69, 9.17) is 19.8 Å². The highest BCUT2D eigenvalue weighted by atomic mass is 16.4. The van der Waals surface area contributed by atoms with E-state index >= 15 is 0 Å². The number of aryl methyl sites for hydroxylation is 1. The highest BCUT2D eigenvalue weighted by Gasteiger charge is 2.30. The molecule has 2 aliphatic heterocycles. The van der Waals surface area contributed by atoms with Crippen molar-refractivity contribution in [2.24, 2.45) is 5.92 Å². The molecular formula is C27H35N3O5. The molecule has 2 saturated heterocycles. The van der Waals surface area contributed by atoms with Crippen LogP contribution in [0.5, 0.6) is 0 Å². The number of carboxylic acid groups (broad SMARTS) is 2. The van der Waals surface area contributed by atoms with Crippen molar-refractivity contribution in [3.63, 3.8) is 0 Å². The van der Waals surface area contributed by atoms with Gasteiger partial charge in [-0.25, -0.2) is 9.59 Å². The summed E-state index contributed by atoms with van der Waals surface area (Å²) in [6.07, 6.45) is 1.99. The lowest BCUT2D eigenvalue weighted by atomic mass is 9.94. The van der Waals surface area contributed by atoms with Crippen molar-refractivity contribution in [1.29, 1.82) is 0 Å². The number of piperazine rings is 1. The van der Waals surface area contributed by atoms with Gasteiger partial charge >= 0.3 is 11.9 Å².